The zero-order valence-corrected chi connectivity index (χ0v) is 12.4. The summed E-state index contributed by atoms with van der Waals surface area (Å²) in [4.78, 5) is 13.3. The Kier molecular flexibility index (Phi) is 4.64. The molecule has 1 aromatic carbocycles. The number of carbonyl (C=O) groups excluding carboxylic acids is 1. The lowest BCUT2D eigenvalue weighted by atomic mass is 9.94. The van der Waals surface area contributed by atoms with Crippen molar-refractivity contribution >= 4 is 6.03 Å². The third-order valence-electron chi connectivity index (χ3n) is 2.93. The van der Waals surface area contributed by atoms with E-state index >= 15 is 0 Å². The number of hydrogen-bond donors (Lipinski definition) is 1. The van der Waals surface area contributed by atoms with Crippen LogP contribution in [0, 0.1) is 0 Å². The van der Waals surface area contributed by atoms with E-state index in [1.807, 2.05) is 32.0 Å². The predicted molar refractivity (Wildman–Crippen MR) is 74.8 cm³/mol. The molecule has 0 fully saturated rings. The van der Waals surface area contributed by atoms with Gasteiger partial charge in [0.05, 0.1) is 19.8 Å². The average molecular weight is 266 g/mol. The van der Waals surface area contributed by atoms with Gasteiger partial charge in [-0.2, -0.15) is 0 Å². The highest BCUT2D eigenvalue weighted by Crippen LogP contribution is 2.32. The van der Waals surface area contributed by atoms with E-state index in [9.17, 15) is 4.79 Å². The van der Waals surface area contributed by atoms with Crippen molar-refractivity contribution in [3.63, 3.8) is 0 Å². The fraction of sp³-hybridized carbons (Fsp3) is 0.500. The van der Waals surface area contributed by atoms with Gasteiger partial charge in [-0.15, -0.1) is 0 Å². The third-order valence-corrected chi connectivity index (χ3v) is 2.93. The van der Waals surface area contributed by atoms with Crippen molar-refractivity contribution in [3.05, 3.63) is 23.8 Å². The monoisotopic (exact) mass is 266 g/mol. The van der Waals surface area contributed by atoms with Gasteiger partial charge < -0.3 is 19.7 Å². The molecule has 0 spiro atoms. The maximum Gasteiger partial charge on any atom is 0.317 e. The van der Waals surface area contributed by atoms with Crippen LogP contribution in [0.1, 0.15) is 19.4 Å². The second-order valence-electron chi connectivity index (χ2n) is 5.02. The lowest BCUT2D eigenvalue weighted by Crippen LogP contribution is -2.45. The van der Waals surface area contributed by atoms with E-state index in [0.29, 0.717) is 11.5 Å². The van der Waals surface area contributed by atoms with Gasteiger partial charge in [0.2, 0.25) is 0 Å². The van der Waals surface area contributed by atoms with Crippen molar-refractivity contribution in [2.75, 3.05) is 28.3 Å². The predicted octanol–water partition coefficient (Wildman–Crippen LogP) is 2.21. The van der Waals surface area contributed by atoms with Gasteiger partial charge in [-0.3, -0.25) is 0 Å². The van der Waals surface area contributed by atoms with Crippen molar-refractivity contribution in [3.8, 4) is 11.5 Å². The largest absolute Gasteiger partial charge is 0.493 e. The number of amides is 2. The van der Waals surface area contributed by atoms with Crippen LogP contribution in [0.15, 0.2) is 18.2 Å². The minimum atomic E-state index is -0.499. The second kappa shape index (κ2) is 5.82. The van der Waals surface area contributed by atoms with Gasteiger partial charge in [-0.05, 0) is 31.5 Å². The number of carbonyl (C=O) groups is 1. The molecule has 106 valence electrons. The van der Waals surface area contributed by atoms with Crippen LogP contribution in [0.2, 0.25) is 0 Å². The molecule has 1 rings (SSSR count). The van der Waals surface area contributed by atoms with Gasteiger partial charge >= 0.3 is 6.03 Å². The summed E-state index contributed by atoms with van der Waals surface area (Å²) in [6.07, 6.45) is 0. The first-order chi connectivity index (χ1) is 8.81. The first kappa shape index (κ1) is 15.1. The molecule has 0 bridgehead atoms. The topological polar surface area (TPSA) is 50.8 Å². The zero-order valence-electron chi connectivity index (χ0n) is 12.4. The number of nitrogens with one attached hydrogen (secondary N) is 1. The zero-order chi connectivity index (χ0) is 14.6. The summed E-state index contributed by atoms with van der Waals surface area (Å²) in [6, 6.07) is 5.48. The fourth-order valence-electron chi connectivity index (χ4n) is 1.68. The molecule has 0 aliphatic heterocycles. The molecule has 0 aliphatic rings. The first-order valence-electron chi connectivity index (χ1n) is 6.03. The molecule has 0 unspecified atom stereocenters. The number of urea groups is 1. The van der Waals surface area contributed by atoms with E-state index in [0.717, 1.165) is 5.56 Å². The van der Waals surface area contributed by atoms with Crippen LogP contribution in [0.3, 0.4) is 0 Å². The molecule has 0 aromatic heterocycles. The summed E-state index contributed by atoms with van der Waals surface area (Å²) < 4.78 is 10.5. The van der Waals surface area contributed by atoms with Gasteiger partial charge in [0.25, 0.3) is 0 Å². The smallest absolute Gasteiger partial charge is 0.317 e. The minimum Gasteiger partial charge on any atom is -0.493 e. The summed E-state index contributed by atoms with van der Waals surface area (Å²) in [5.74, 6) is 1.31. The van der Waals surface area contributed by atoms with Gasteiger partial charge in [0, 0.05) is 14.1 Å². The Morgan fingerprint density at radius 3 is 2.21 bits per heavy atom. The summed E-state index contributed by atoms with van der Waals surface area (Å²) in [5.41, 5.74) is 0.446. The summed E-state index contributed by atoms with van der Waals surface area (Å²) in [6.45, 7) is 3.88. The molecule has 19 heavy (non-hydrogen) atoms. The van der Waals surface area contributed by atoms with E-state index in [1.165, 1.54) is 4.90 Å². The molecule has 5 nitrogen and oxygen atoms in total. The standard InChI is InChI=1S/C14H22N2O3/c1-14(2,15-13(17)16(3)4)10-7-8-11(18-5)12(9-10)19-6/h7-9H,1-6H3,(H,15,17). The van der Waals surface area contributed by atoms with Crippen LogP contribution >= 0.6 is 0 Å². The van der Waals surface area contributed by atoms with Crippen molar-refractivity contribution in [1.29, 1.82) is 0 Å². The SMILES string of the molecule is COc1ccc(C(C)(C)NC(=O)N(C)C)cc1OC. The number of ether oxygens (including phenoxy) is 2. The number of rotatable bonds is 4. The number of methoxy groups -OCH3 is 2. The average Bonchev–Trinajstić information content (AvgIpc) is 2.37. The lowest BCUT2D eigenvalue weighted by molar-refractivity contribution is 0.205. The van der Waals surface area contributed by atoms with Crippen LogP contribution in [0.5, 0.6) is 11.5 Å². The van der Waals surface area contributed by atoms with E-state index in [2.05, 4.69) is 5.32 Å². The van der Waals surface area contributed by atoms with E-state index in [4.69, 9.17) is 9.47 Å². The summed E-state index contributed by atoms with van der Waals surface area (Å²) in [5, 5.41) is 2.95. The van der Waals surface area contributed by atoms with Gasteiger partial charge in [0.1, 0.15) is 0 Å². The highest BCUT2D eigenvalue weighted by atomic mass is 16.5. The second-order valence-corrected chi connectivity index (χ2v) is 5.02. The Labute approximate surface area is 114 Å². The maximum atomic E-state index is 11.8. The van der Waals surface area contributed by atoms with Crippen molar-refractivity contribution < 1.29 is 14.3 Å². The third kappa shape index (κ3) is 3.53. The number of nitrogens with zero attached hydrogens (tertiary/aromatic N) is 1. The quantitative estimate of drug-likeness (QED) is 0.909. The Balaban J connectivity index is 3.04. The van der Waals surface area contributed by atoms with Gasteiger partial charge in [0.15, 0.2) is 11.5 Å². The normalized spacial score (nSPS) is 10.8. The summed E-state index contributed by atoms with van der Waals surface area (Å²) >= 11 is 0. The highest BCUT2D eigenvalue weighted by molar-refractivity contribution is 5.74. The Morgan fingerprint density at radius 2 is 1.74 bits per heavy atom. The molecule has 0 heterocycles. The lowest BCUT2D eigenvalue weighted by Gasteiger charge is -2.29. The highest BCUT2D eigenvalue weighted by Gasteiger charge is 2.24. The van der Waals surface area contributed by atoms with Crippen LogP contribution in [-0.4, -0.2) is 39.2 Å². The molecule has 1 aromatic rings. The molecular weight excluding hydrogens is 244 g/mol. The Bertz CT molecular complexity index is 456. The molecular formula is C14H22N2O3. The van der Waals surface area contributed by atoms with Crippen molar-refractivity contribution in [2.24, 2.45) is 0 Å². The van der Waals surface area contributed by atoms with E-state index < -0.39 is 5.54 Å². The van der Waals surface area contributed by atoms with E-state index in [1.54, 1.807) is 28.3 Å². The molecule has 2 amide bonds. The molecule has 0 saturated heterocycles. The minimum absolute atomic E-state index is 0.139. The summed E-state index contributed by atoms with van der Waals surface area (Å²) in [7, 11) is 6.60. The molecule has 1 N–H and O–H groups in total. The molecule has 0 saturated carbocycles. The Hall–Kier alpha value is -1.91. The molecule has 0 atom stereocenters. The fourth-order valence-corrected chi connectivity index (χ4v) is 1.68. The van der Waals surface area contributed by atoms with Crippen LogP contribution in [0.25, 0.3) is 0 Å². The number of hydrogen-bond acceptors (Lipinski definition) is 3. The maximum absolute atomic E-state index is 11.8. The first-order valence-corrected chi connectivity index (χ1v) is 6.03. The molecule has 5 heteroatoms. The van der Waals surface area contributed by atoms with Crippen molar-refractivity contribution in [2.45, 2.75) is 19.4 Å². The van der Waals surface area contributed by atoms with Crippen molar-refractivity contribution in [1.82, 2.24) is 10.2 Å². The van der Waals surface area contributed by atoms with E-state index in [-0.39, 0.29) is 6.03 Å². The Morgan fingerprint density at radius 1 is 1.16 bits per heavy atom. The number of benzene rings is 1. The van der Waals surface area contributed by atoms with Crippen LogP contribution in [0.4, 0.5) is 4.79 Å². The molecule has 0 radical (unpaired) electrons. The van der Waals surface area contributed by atoms with Gasteiger partial charge in [-0.1, -0.05) is 6.07 Å². The van der Waals surface area contributed by atoms with Crippen LogP contribution in [-0.2, 0) is 5.54 Å². The van der Waals surface area contributed by atoms with Gasteiger partial charge in [-0.25, -0.2) is 4.79 Å². The van der Waals surface area contributed by atoms with Crippen LogP contribution < -0.4 is 14.8 Å². The molecule has 0 aliphatic carbocycles.